The van der Waals surface area contributed by atoms with Gasteiger partial charge in [-0.2, -0.15) is 11.3 Å². The van der Waals surface area contributed by atoms with Crippen LogP contribution in [0.4, 0.5) is 10.5 Å². The van der Waals surface area contributed by atoms with Crippen molar-refractivity contribution in [2.24, 2.45) is 0 Å². The Hall–Kier alpha value is -2.29. The van der Waals surface area contributed by atoms with Crippen molar-refractivity contribution < 1.29 is 19.0 Å². The second kappa shape index (κ2) is 7.94. The van der Waals surface area contributed by atoms with Crippen LogP contribution in [0.2, 0.25) is 0 Å². The van der Waals surface area contributed by atoms with Gasteiger partial charge in [0.25, 0.3) is 0 Å². The highest BCUT2D eigenvalue weighted by atomic mass is 32.1. The molecule has 1 aromatic heterocycles. The van der Waals surface area contributed by atoms with Crippen LogP contribution in [0.15, 0.2) is 35.0 Å². The normalized spacial score (nSPS) is 17.7. The van der Waals surface area contributed by atoms with Crippen molar-refractivity contribution in [3.05, 3.63) is 40.6 Å². The first-order valence-corrected chi connectivity index (χ1v) is 9.52. The Morgan fingerprint density at radius 3 is 2.85 bits per heavy atom. The Kier molecular flexibility index (Phi) is 5.24. The van der Waals surface area contributed by atoms with Crippen molar-refractivity contribution in [1.29, 1.82) is 0 Å². The van der Waals surface area contributed by atoms with Crippen LogP contribution in [0.25, 0.3) is 0 Å². The highest BCUT2D eigenvalue weighted by Gasteiger charge is 2.23. The van der Waals surface area contributed by atoms with Gasteiger partial charge >= 0.3 is 6.03 Å². The maximum absolute atomic E-state index is 12.3. The number of urea groups is 1. The van der Waals surface area contributed by atoms with Gasteiger partial charge in [-0.3, -0.25) is 4.90 Å². The molecule has 0 saturated carbocycles. The molecule has 2 N–H and O–H groups in total. The zero-order valence-electron chi connectivity index (χ0n) is 14.3. The summed E-state index contributed by atoms with van der Waals surface area (Å²) in [5.74, 6) is 1.34. The van der Waals surface area contributed by atoms with Crippen molar-refractivity contribution >= 4 is 23.1 Å². The largest absolute Gasteiger partial charge is 0.454 e. The van der Waals surface area contributed by atoms with Crippen LogP contribution < -0.4 is 20.1 Å². The number of fused-ring (bicyclic) bond motifs is 1. The molecule has 2 aliphatic heterocycles. The van der Waals surface area contributed by atoms with Crippen molar-refractivity contribution in [3.63, 3.8) is 0 Å². The van der Waals surface area contributed by atoms with E-state index in [4.69, 9.17) is 14.2 Å². The van der Waals surface area contributed by atoms with Crippen molar-refractivity contribution in [1.82, 2.24) is 10.2 Å². The predicted molar refractivity (Wildman–Crippen MR) is 99.0 cm³/mol. The summed E-state index contributed by atoms with van der Waals surface area (Å²) in [5, 5.41) is 10.0. The quantitative estimate of drug-likeness (QED) is 0.841. The Bertz CT molecular complexity index is 747. The number of thiophene rings is 1. The molecule has 2 aromatic rings. The highest BCUT2D eigenvalue weighted by Crippen LogP contribution is 2.34. The molecule has 2 aliphatic rings. The van der Waals surface area contributed by atoms with Crippen LogP contribution in [0.3, 0.4) is 0 Å². The fourth-order valence-corrected chi connectivity index (χ4v) is 3.86. The van der Waals surface area contributed by atoms with Crippen molar-refractivity contribution in [2.45, 2.75) is 6.04 Å². The van der Waals surface area contributed by atoms with E-state index in [1.165, 1.54) is 5.56 Å². The number of hydrogen-bond acceptors (Lipinski definition) is 6. The summed E-state index contributed by atoms with van der Waals surface area (Å²) in [5.41, 5.74) is 1.89. The van der Waals surface area contributed by atoms with Crippen LogP contribution in [-0.2, 0) is 4.74 Å². The SMILES string of the molecule is O=C(NC[C@@H](c1ccsc1)N1CCOCC1)Nc1ccc2c(c1)OCO2. The van der Waals surface area contributed by atoms with E-state index in [0.717, 1.165) is 26.3 Å². The minimum absolute atomic E-state index is 0.146. The zero-order valence-corrected chi connectivity index (χ0v) is 15.1. The monoisotopic (exact) mass is 375 g/mol. The Morgan fingerprint density at radius 2 is 2.04 bits per heavy atom. The van der Waals surface area contributed by atoms with Crippen LogP contribution in [0.5, 0.6) is 11.5 Å². The molecule has 1 atom stereocenters. The number of nitrogens with zero attached hydrogens (tertiary/aromatic N) is 1. The van der Waals surface area contributed by atoms with Crippen LogP contribution in [-0.4, -0.2) is 50.6 Å². The van der Waals surface area contributed by atoms with E-state index in [0.29, 0.717) is 23.7 Å². The third-order valence-electron chi connectivity index (χ3n) is 4.50. The average molecular weight is 375 g/mol. The number of rotatable bonds is 5. The Morgan fingerprint density at radius 1 is 1.19 bits per heavy atom. The first-order valence-electron chi connectivity index (χ1n) is 8.58. The lowest BCUT2D eigenvalue weighted by Crippen LogP contribution is -2.44. The molecule has 0 bridgehead atoms. The first kappa shape index (κ1) is 17.1. The number of morpholine rings is 1. The molecule has 26 heavy (non-hydrogen) atoms. The van der Waals surface area contributed by atoms with Crippen LogP contribution in [0.1, 0.15) is 11.6 Å². The van der Waals surface area contributed by atoms with E-state index in [1.54, 1.807) is 29.5 Å². The summed E-state index contributed by atoms with van der Waals surface area (Å²) in [6.07, 6.45) is 0. The van der Waals surface area contributed by atoms with E-state index < -0.39 is 0 Å². The van der Waals surface area contributed by atoms with Gasteiger partial charge in [-0.05, 0) is 34.5 Å². The number of anilines is 1. The lowest BCUT2D eigenvalue weighted by Gasteiger charge is -2.34. The standard InChI is InChI=1S/C18H21N3O4S/c22-18(20-14-1-2-16-17(9-14)25-12-24-16)19-10-15(13-3-8-26-11-13)21-4-6-23-7-5-21/h1-3,8-9,11,15H,4-7,10,12H2,(H2,19,20,22)/t15-/m0/s1. The number of carbonyl (C=O) groups is 1. The molecule has 1 saturated heterocycles. The van der Waals surface area contributed by atoms with E-state index >= 15 is 0 Å². The predicted octanol–water partition coefficient (Wildman–Crippen LogP) is 2.67. The molecule has 138 valence electrons. The molecular formula is C18H21N3O4S. The van der Waals surface area contributed by atoms with E-state index in [2.05, 4.69) is 32.4 Å². The van der Waals surface area contributed by atoms with Gasteiger partial charge in [0.15, 0.2) is 11.5 Å². The van der Waals surface area contributed by atoms with Gasteiger partial charge in [0.2, 0.25) is 6.79 Å². The molecular weight excluding hydrogens is 354 g/mol. The summed E-state index contributed by atoms with van der Waals surface area (Å²) in [6.45, 7) is 3.94. The maximum Gasteiger partial charge on any atom is 0.319 e. The maximum atomic E-state index is 12.3. The van der Waals surface area contributed by atoms with Gasteiger partial charge in [-0.15, -0.1) is 0 Å². The van der Waals surface area contributed by atoms with Gasteiger partial charge < -0.3 is 24.8 Å². The average Bonchev–Trinajstić information content (AvgIpc) is 3.34. The second-order valence-corrected chi connectivity index (χ2v) is 6.90. The zero-order chi connectivity index (χ0) is 17.8. The highest BCUT2D eigenvalue weighted by molar-refractivity contribution is 7.07. The number of hydrogen-bond donors (Lipinski definition) is 2. The summed E-state index contributed by atoms with van der Waals surface area (Å²) >= 11 is 1.67. The molecule has 0 spiro atoms. The number of ether oxygens (including phenoxy) is 3. The van der Waals surface area contributed by atoms with Gasteiger partial charge in [0.1, 0.15) is 0 Å². The number of benzene rings is 1. The summed E-state index contributed by atoms with van der Waals surface area (Å²) < 4.78 is 16.1. The smallest absolute Gasteiger partial charge is 0.319 e. The molecule has 1 fully saturated rings. The second-order valence-electron chi connectivity index (χ2n) is 6.12. The molecule has 0 aliphatic carbocycles. The minimum Gasteiger partial charge on any atom is -0.454 e. The molecule has 0 radical (unpaired) electrons. The van der Waals surface area contributed by atoms with Crippen LogP contribution >= 0.6 is 11.3 Å². The lowest BCUT2D eigenvalue weighted by molar-refractivity contribution is 0.0168. The third-order valence-corrected chi connectivity index (χ3v) is 5.20. The molecule has 3 heterocycles. The molecule has 1 aromatic carbocycles. The summed E-state index contributed by atoms with van der Waals surface area (Å²) in [6, 6.07) is 7.37. The summed E-state index contributed by atoms with van der Waals surface area (Å²) in [7, 11) is 0. The third kappa shape index (κ3) is 3.92. The minimum atomic E-state index is -0.239. The van der Waals surface area contributed by atoms with Crippen molar-refractivity contribution in [3.8, 4) is 11.5 Å². The molecule has 4 rings (SSSR count). The van der Waals surface area contributed by atoms with Gasteiger partial charge in [-0.25, -0.2) is 4.79 Å². The molecule has 8 heteroatoms. The molecule has 2 amide bonds. The topological polar surface area (TPSA) is 72.1 Å². The Balaban J connectivity index is 1.36. The van der Waals surface area contributed by atoms with Gasteiger partial charge in [0.05, 0.1) is 19.3 Å². The van der Waals surface area contributed by atoms with E-state index in [1.807, 2.05) is 0 Å². The van der Waals surface area contributed by atoms with E-state index in [9.17, 15) is 4.79 Å². The number of nitrogens with one attached hydrogen (secondary N) is 2. The summed E-state index contributed by atoms with van der Waals surface area (Å²) in [4.78, 5) is 14.7. The fraction of sp³-hybridized carbons (Fsp3) is 0.389. The first-order chi connectivity index (χ1) is 12.8. The van der Waals surface area contributed by atoms with Crippen LogP contribution in [0, 0.1) is 0 Å². The molecule has 7 nitrogen and oxygen atoms in total. The van der Waals surface area contributed by atoms with Crippen molar-refractivity contribution in [2.75, 3.05) is 45.0 Å². The number of carbonyl (C=O) groups excluding carboxylic acids is 1. The number of amides is 2. The molecule has 0 unspecified atom stereocenters. The lowest BCUT2D eigenvalue weighted by atomic mass is 10.1. The van der Waals surface area contributed by atoms with Gasteiger partial charge in [-0.1, -0.05) is 0 Å². The fourth-order valence-electron chi connectivity index (χ4n) is 3.15. The van der Waals surface area contributed by atoms with E-state index in [-0.39, 0.29) is 18.9 Å². The van der Waals surface area contributed by atoms with Gasteiger partial charge in [0, 0.05) is 31.4 Å². The Labute approximate surface area is 155 Å².